The lowest BCUT2D eigenvalue weighted by Gasteiger charge is -2.34. The molecule has 3 amide bonds. The fourth-order valence-corrected chi connectivity index (χ4v) is 4.91. The molecule has 6 N–H and O–H groups in total. The van der Waals surface area contributed by atoms with Crippen LogP contribution < -0.4 is 16.8 Å². The van der Waals surface area contributed by atoms with Crippen molar-refractivity contribution in [3.63, 3.8) is 0 Å². The number of para-hydroxylation sites is 1. The SMILES string of the molecule is CCCC[C@H](N)C(=O)N[C@@H](Cc1c[nH]c2ccccc12)C(=O)N(CCc1ccccc1)[C@@H](CC(C)C)C(N)=O.Cl. The molecule has 9 heteroatoms. The van der Waals surface area contributed by atoms with Gasteiger partial charge in [-0.2, -0.15) is 0 Å². The lowest BCUT2D eigenvalue weighted by Crippen LogP contribution is -2.58. The summed E-state index contributed by atoms with van der Waals surface area (Å²) < 4.78 is 0. The maximum Gasteiger partial charge on any atom is 0.246 e. The number of fused-ring (bicyclic) bond motifs is 1. The molecule has 0 aliphatic rings. The van der Waals surface area contributed by atoms with E-state index in [-0.39, 0.29) is 36.6 Å². The number of aromatic amines is 1. The van der Waals surface area contributed by atoms with Gasteiger partial charge in [0.15, 0.2) is 0 Å². The molecule has 8 nitrogen and oxygen atoms in total. The highest BCUT2D eigenvalue weighted by Crippen LogP contribution is 2.21. The second-order valence-corrected chi connectivity index (χ2v) is 10.7. The van der Waals surface area contributed by atoms with Crippen molar-refractivity contribution in [1.29, 1.82) is 0 Å². The number of unbranched alkanes of at least 4 members (excludes halogenated alkanes) is 1. The summed E-state index contributed by atoms with van der Waals surface area (Å²) in [5.41, 5.74) is 14.9. The average Bonchev–Trinajstić information content (AvgIpc) is 3.33. The number of hydrogen-bond acceptors (Lipinski definition) is 4. The van der Waals surface area contributed by atoms with E-state index in [2.05, 4.69) is 10.3 Å². The Labute approximate surface area is 243 Å². The maximum atomic E-state index is 14.3. The zero-order valence-corrected chi connectivity index (χ0v) is 24.6. The number of nitrogens with zero attached hydrogens (tertiary/aromatic N) is 1. The second kappa shape index (κ2) is 16.0. The molecule has 1 aromatic heterocycles. The van der Waals surface area contributed by atoms with Gasteiger partial charge in [0.25, 0.3) is 0 Å². The summed E-state index contributed by atoms with van der Waals surface area (Å²) in [5.74, 6) is -1.12. The molecule has 2 aromatic carbocycles. The smallest absolute Gasteiger partial charge is 0.246 e. The molecule has 0 aliphatic carbocycles. The van der Waals surface area contributed by atoms with Crippen molar-refractivity contribution in [2.75, 3.05) is 6.54 Å². The molecule has 0 spiro atoms. The minimum absolute atomic E-state index is 0. The predicted octanol–water partition coefficient (Wildman–Crippen LogP) is 4.11. The van der Waals surface area contributed by atoms with Crippen LogP contribution in [0.4, 0.5) is 0 Å². The van der Waals surface area contributed by atoms with E-state index in [1.54, 1.807) is 4.90 Å². The Morgan fingerprint density at radius 1 is 1.02 bits per heavy atom. The first-order valence-electron chi connectivity index (χ1n) is 14.0. The number of amides is 3. The van der Waals surface area contributed by atoms with Gasteiger partial charge in [0, 0.05) is 30.1 Å². The lowest BCUT2D eigenvalue weighted by molar-refractivity contribution is -0.143. The molecule has 0 fully saturated rings. The number of aromatic nitrogens is 1. The van der Waals surface area contributed by atoms with Gasteiger partial charge >= 0.3 is 0 Å². The molecule has 1 heterocycles. The Bertz CT molecular complexity index is 1230. The van der Waals surface area contributed by atoms with Crippen LogP contribution in [0.1, 0.15) is 57.6 Å². The van der Waals surface area contributed by atoms with Crippen LogP contribution in [0.3, 0.4) is 0 Å². The molecule has 3 rings (SSSR count). The number of halogens is 1. The van der Waals surface area contributed by atoms with Crippen molar-refractivity contribution in [2.45, 2.75) is 77.4 Å². The number of H-pyrrole nitrogens is 1. The average molecular weight is 570 g/mol. The minimum atomic E-state index is -0.908. The molecule has 0 saturated carbocycles. The number of carbonyl (C=O) groups excluding carboxylic acids is 3. The number of rotatable bonds is 15. The number of nitrogens with one attached hydrogen (secondary N) is 2. The van der Waals surface area contributed by atoms with Gasteiger partial charge in [-0.3, -0.25) is 14.4 Å². The van der Waals surface area contributed by atoms with Crippen LogP contribution in [0.15, 0.2) is 60.8 Å². The normalized spacial score (nSPS) is 13.3. The van der Waals surface area contributed by atoms with Gasteiger partial charge in [0.2, 0.25) is 17.7 Å². The summed E-state index contributed by atoms with van der Waals surface area (Å²) in [5, 5.41) is 3.91. The van der Waals surface area contributed by atoms with E-state index in [4.69, 9.17) is 11.5 Å². The van der Waals surface area contributed by atoms with Gasteiger partial charge in [-0.15, -0.1) is 12.4 Å². The van der Waals surface area contributed by atoms with Crippen LogP contribution in [0, 0.1) is 5.92 Å². The van der Waals surface area contributed by atoms with E-state index in [0.717, 1.165) is 34.9 Å². The summed E-state index contributed by atoms with van der Waals surface area (Å²) in [6.07, 6.45) is 5.37. The number of carbonyl (C=O) groups is 3. The van der Waals surface area contributed by atoms with Crippen molar-refractivity contribution < 1.29 is 14.4 Å². The van der Waals surface area contributed by atoms with Crippen LogP contribution in [0.25, 0.3) is 10.9 Å². The summed E-state index contributed by atoms with van der Waals surface area (Å²) in [7, 11) is 0. The van der Waals surface area contributed by atoms with Gasteiger partial charge in [-0.25, -0.2) is 0 Å². The van der Waals surface area contributed by atoms with E-state index in [1.807, 2.05) is 81.6 Å². The number of primary amides is 1. The van der Waals surface area contributed by atoms with Crippen LogP contribution in [0.2, 0.25) is 0 Å². The summed E-state index contributed by atoms with van der Waals surface area (Å²) >= 11 is 0. The van der Waals surface area contributed by atoms with E-state index in [0.29, 0.717) is 25.8 Å². The molecule has 3 atom stereocenters. The largest absolute Gasteiger partial charge is 0.368 e. The van der Waals surface area contributed by atoms with Crippen molar-refractivity contribution in [1.82, 2.24) is 15.2 Å². The Hall–Kier alpha value is -3.36. The Kier molecular flexibility index (Phi) is 13.2. The first-order chi connectivity index (χ1) is 18.7. The fraction of sp³-hybridized carbons (Fsp3) is 0.452. The number of benzene rings is 2. The molecule has 0 bridgehead atoms. The zero-order valence-electron chi connectivity index (χ0n) is 23.8. The first kappa shape index (κ1) is 32.8. The summed E-state index contributed by atoms with van der Waals surface area (Å²) in [6, 6.07) is 15.2. The summed E-state index contributed by atoms with van der Waals surface area (Å²) in [4.78, 5) is 44.9. The van der Waals surface area contributed by atoms with Crippen LogP contribution in [-0.4, -0.2) is 52.3 Å². The molecular formula is C31H44ClN5O3. The molecular weight excluding hydrogens is 526 g/mol. The molecule has 3 aromatic rings. The van der Waals surface area contributed by atoms with Gasteiger partial charge in [-0.05, 0) is 42.4 Å². The topological polar surface area (TPSA) is 134 Å². The minimum Gasteiger partial charge on any atom is -0.368 e. The monoisotopic (exact) mass is 569 g/mol. The molecule has 0 saturated heterocycles. The molecule has 40 heavy (non-hydrogen) atoms. The van der Waals surface area contributed by atoms with Crippen LogP contribution in [0.5, 0.6) is 0 Å². The van der Waals surface area contributed by atoms with Crippen molar-refractivity contribution in [2.24, 2.45) is 17.4 Å². The van der Waals surface area contributed by atoms with E-state index in [1.165, 1.54) is 0 Å². The molecule has 0 radical (unpaired) electrons. The highest BCUT2D eigenvalue weighted by atomic mass is 35.5. The van der Waals surface area contributed by atoms with E-state index >= 15 is 0 Å². The van der Waals surface area contributed by atoms with Gasteiger partial charge in [0.1, 0.15) is 12.1 Å². The van der Waals surface area contributed by atoms with Crippen molar-refractivity contribution >= 4 is 41.0 Å². The zero-order chi connectivity index (χ0) is 28.4. The third-order valence-electron chi connectivity index (χ3n) is 7.09. The van der Waals surface area contributed by atoms with Gasteiger partial charge in [-0.1, -0.05) is 82.1 Å². The lowest BCUT2D eigenvalue weighted by atomic mass is 9.98. The third-order valence-corrected chi connectivity index (χ3v) is 7.09. The highest BCUT2D eigenvalue weighted by Gasteiger charge is 2.35. The predicted molar refractivity (Wildman–Crippen MR) is 163 cm³/mol. The standard InChI is InChI=1S/C31H43N5O3.ClH/c1-4-5-14-25(32)30(38)35-27(19-23-20-34-26-15-10-9-13-24(23)26)31(39)36(28(29(33)37)18-21(2)3)17-16-22-11-7-6-8-12-22;/h6-13,15,20-21,25,27-28,34H,4-5,14,16-19,32H2,1-3H3,(H2,33,37)(H,35,38);1H/t25-,27-,28-;/m0./s1. The summed E-state index contributed by atoms with van der Waals surface area (Å²) in [6.45, 7) is 6.32. The maximum absolute atomic E-state index is 14.3. The van der Waals surface area contributed by atoms with Gasteiger partial charge in [0.05, 0.1) is 6.04 Å². The van der Waals surface area contributed by atoms with E-state index in [9.17, 15) is 14.4 Å². The van der Waals surface area contributed by atoms with Crippen molar-refractivity contribution in [3.05, 3.63) is 71.9 Å². The molecule has 218 valence electrons. The quantitative estimate of drug-likeness (QED) is 0.219. The van der Waals surface area contributed by atoms with Crippen LogP contribution >= 0.6 is 12.4 Å². The van der Waals surface area contributed by atoms with E-state index < -0.39 is 24.0 Å². The first-order valence-corrected chi connectivity index (χ1v) is 14.0. The number of nitrogens with two attached hydrogens (primary N) is 2. The molecule has 0 unspecified atom stereocenters. The van der Waals surface area contributed by atoms with Gasteiger partial charge < -0.3 is 26.7 Å². The third kappa shape index (κ3) is 9.10. The fourth-order valence-electron chi connectivity index (χ4n) is 4.91. The Morgan fingerprint density at radius 3 is 2.35 bits per heavy atom. The highest BCUT2D eigenvalue weighted by molar-refractivity contribution is 5.93. The Balaban J connectivity index is 0.00000560. The van der Waals surface area contributed by atoms with Crippen LogP contribution in [-0.2, 0) is 27.2 Å². The molecule has 0 aliphatic heterocycles. The van der Waals surface area contributed by atoms with Crippen molar-refractivity contribution in [3.8, 4) is 0 Å². The Morgan fingerprint density at radius 2 is 1.70 bits per heavy atom. The number of hydrogen-bond donors (Lipinski definition) is 4. The second-order valence-electron chi connectivity index (χ2n) is 10.7.